The number of methoxy groups -OCH3 is 1. The molecule has 2 heteroatoms. The van der Waals surface area contributed by atoms with Crippen LogP contribution in [0.5, 0.6) is 5.75 Å². The molecule has 0 unspecified atom stereocenters. The predicted molar refractivity (Wildman–Crippen MR) is 61.0 cm³/mol. The summed E-state index contributed by atoms with van der Waals surface area (Å²) in [5.74, 6) is 0.830. The Morgan fingerprint density at radius 1 is 1.07 bits per heavy atom. The quantitative estimate of drug-likeness (QED) is 0.741. The minimum atomic E-state index is 0.830. The van der Waals surface area contributed by atoms with Gasteiger partial charge in [0.2, 0.25) is 0 Å². The number of hydrogen-bond donors (Lipinski definition) is 0. The van der Waals surface area contributed by atoms with E-state index in [0.29, 0.717) is 0 Å². The normalized spacial score (nSPS) is 10.0. The van der Waals surface area contributed by atoms with Crippen molar-refractivity contribution >= 4 is 0 Å². The van der Waals surface area contributed by atoms with Crippen molar-refractivity contribution in [2.45, 2.75) is 6.92 Å². The minimum Gasteiger partial charge on any atom is -0.495 e. The Kier molecular flexibility index (Phi) is 2.68. The van der Waals surface area contributed by atoms with E-state index in [0.717, 1.165) is 16.9 Å². The fraction of sp³-hybridized carbons (Fsp3) is 0.154. The molecular weight excluding hydrogens is 186 g/mol. The molecule has 2 nitrogen and oxygen atoms in total. The molecule has 0 atom stereocenters. The molecule has 0 amide bonds. The summed E-state index contributed by atoms with van der Waals surface area (Å²) >= 11 is 0. The van der Waals surface area contributed by atoms with Gasteiger partial charge in [0.05, 0.1) is 13.3 Å². The van der Waals surface area contributed by atoms with Gasteiger partial charge < -0.3 is 4.74 Å². The zero-order valence-electron chi connectivity index (χ0n) is 8.90. The maximum Gasteiger partial charge on any atom is 0.140 e. The fourth-order valence-corrected chi connectivity index (χ4v) is 1.62. The van der Waals surface area contributed by atoms with Crippen LogP contribution in [-0.4, -0.2) is 12.1 Å². The van der Waals surface area contributed by atoms with Crippen molar-refractivity contribution in [3.8, 4) is 16.9 Å². The van der Waals surface area contributed by atoms with Crippen LogP contribution in [0.25, 0.3) is 11.1 Å². The lowest BCUT2D eigenvalue weighted by Gasteiger charge is -2.09. The Balaban J connectivity index is 2.54. The van der Waals surface area contributed by atoms with E-state index in [9.17, 15) is 0 Å². The van der Waals surface area contributed by atoms with Crippen LogP contribution in [0.3, 0.4) is 0 Å². The molecule has 0 radical (unpaired) electrons. The summed E-state index contributed by atoms with van der Waals surface area (Å²) in [5, 5.41) is 0. The standard InChI is InChI=1S/C13H13NO/c1-10-12(8-14-9-13(10)15-2)11-6-4-3-5-7-11/h3-9H,1-2H3. The first-order chi connectivity index (χ1) is 7.33. The predicted octanol–water partition coefficient (Wildman–Crippen LogP) is 3.07. The number of ether oxygens (including phenoxy) is 1. The third kappa shape index (κ3) is 1.84. The van der Waals surface area contributed by atoms with E-state index in [1.54, 1.807) is 13.3 Å². The van der Waals surface area contributed by atoms with Gasteiger partial charge in [-0.2, -0.15) is 0 Å². The van der Waals surface area contributed by atoms with Crippen molar-refractivity contribution in [3.63, 3.8) is 0 Å². The van der Waals surface area contributed by atoms with Crippen LogP contribution in [0.15, 0.2) is 42.7 Å². The van der Waals surface area contributed by atoms with E-state index < -0.39 is 0 Å². The van der Waals surface area contributed by atoms with Gasteiger partial charge in [0, 0.05) is 17.3 Å². The number of nitrogens with zero attached hydrogens (tertiary/aromatic N) is 1. The van der Waals surface area contributed by atoms with Gasteiger partial charge in [0.15, 0.2) is 0 Å². The maximum absolute atomic E-state index is 5.24. The maximum atomic E-state index is 5.24. The van der Waals surface area contributed by atoms with Crippen LogP contribution in [0.2, 0.25) is 0 Å². The highest BCUT2D eigenvalue weighted by Crippen LogP contribution is 2.27. The van der Waals surface area contributed by atoms with E-state index in [-0.39, 0.29) is 0 Å². The van der Waals surface area contributed by atoms with E-state index in [2.05, 4.69) is 17.1 Å². The molecule has 76 valence electrons. The zero-order valence-corrected chi connectivity index (χ0v) is 8.90. The van der Waals surface area contributed by atoms with Crippen molar-refractivity contribution in [2.24, 2.45) is 0 Å². The second-order valence-electron chi connectivity index (χ2n) is 3.38. The van der Waals surface area contributed by atoms with E-state index in [1.807, 2.05) is 31.3 Å². The van der Waals surface area contributed by atoms with Crippen LogP contribution in [0.4, 0.5) is 0 Å². The Hall–Kier alpha value is -1.83. The molecule has 2 rings (SSSR count). The van der Waals surface area contributed by atoms with Gasteiger partial charge in [-0.15, -0.1) is 0 Å². The third-order valence-corrected chi connectivity index (χ3v) is 2.47. The molecule has 15 heavy (non-hydrogen) atoms. The lowest BCUT2D eigenvalue weighted by atomic mass is 10.0. The number of rotatable bonds is 2. The molecule has 0 fully saturated rings. The largest absolute Gasteiger partial charge is 0.495 e. The molecule has 0 bridgehead atoms. The van der Waals surface area contributed by atoms with Gasteiger partial charge in [-0.05, 0) is 12.5 Å². The first kappa shape index (κ1) is 9.71. The molecule has 0 aliphatic rings. The molecule has 1 aromatic heterocycles. The van der Waals surface area contributed by atoms with Crippen LogP contribution >= 0.6 is 0 Å². The van der Waals surface area contributed by atoms with Crippen molar-refractivity contribution in [1.29, 1.82) is 0 Å². The summed E-state index contributed by atoms with van der Waals surface area (Å²) in [6.07, 6.45) is 3.61. The van der Waals surface area contributed by atoms with E-state index in [1.165, 1.54) is 5.56 Å². The molecule has 2 aromatic rings. The fourth-order valence-electron chi connectivity index (χ4n) is 1.62. The van der Waals surface area contributed by atoms with Crippen molar-refractivity contribution in [2.75, 3.05) is 7.11 Å². The lowest BCUT2D eigenvalue weighted by Crippen LogP contribution is -1.91. The van der Waals surface area contributed by atoms with Crippen LogP contribution in [-0.2, 0) is 0 Å². The van der Waals surface area contributed by atoms with E-state index >= 15 is 0 Å². The van der Waals surface area contributed by atoms with Gasteiger partial charge >= 0.3 is 0 Å². The van der Waals surface area contributed by atoms with Crippen molar-refractivity contribution in [1.82, 2.24) is 4.98 Å². The highest BCUT2D eigenvalue weighted by Gasteiger charge is 2.06. The van der Waals surface area contributed by atoms with Gasteiger partial charge in [-0.3, -0.25) is 4.98 Å². The molecule has 0 spiro atoms. The summed E-state index contributed by atoms with van der Waals surface area (Å²) in [4.78, 5) is 4.17. The van der Waals surface area contributed by atoms with Gasteiger partial charge in [0.1, 0.15) is 5.75 Å². The minimum absolute atomic E-state index is 0.830. The summed E-state index contributed by atoms with van der Waals surface area (Å²) in [7, 11) is 1.67. The van der Waals surface area contributed by atoms with Gasteiger partial charge in [-0.1, -0.05) is 30.3 Å². The second-order valence-corrected chi connectivity index (χ2v) is 3.38. The molecule has 0 aliphatic heterocycles. The number of hydrogen-bond acceptors (Lipinski definition) is 2. The van der Waals surface area contributed by atoms with Crippen LogP contribution in [0, 0.1) is 6.92 Å². The monoisotopic (exact) mass is 199 g/mol. The number of benzene rings is 1. The van der Waals surface area contributed by atoms with Crippen molar-refractivity contribution < 1.29 is 4.74 Å². The molecule has 0 aliphatic carbocycles. The summed E-state index contributed by atoms with van der Waals surface area (Å²) in [5.41, 5.74) is 3.41. The summed E-state index contributed by atoms with van der Waals surface area (Å²) < 4.78 is 5.24. The topological polar surface area (TPSA) is 22.1 Å². The van der Waals surface area contributed by atoms with Gasteiger partial charge in [-0.25, -0.2) is 0 Å². The SMILES string of the molecule is COc1cncc(-c2ccccc2)c1C. The molecular formula is C13H13NO. The Bertz CT molecular complexity index is 451. The average molecular weight is 199 g/mol. The summed E-state index contributed by atoms with van der Waals surface area (Å²) in [6.45, 7) is 2.04. The number of pyridine rings is 1. The number of aromatic nitrogens is 1. The Morgan fingerprint density at radius 2 is 1.80 bits per heavy atom. The molecule has 0 saturated carbocycles. The van der Waals surface area contributed by atoms with Gasteiger partial charge in [0.25, 0.3) is 0 Å². The molecule has 1 heterocycles. The average Bonchev–Trinajstić information content (AvgIpc) is 2.30. The van der Waals surface area contributed by atoms with Crippen LogP contribution in [0.1, 0.15) is 5.56 Å². The van der Waals surface area contributed by atoms with Crippen LogP contribution < -0.4 is 4.74 Å². The Morgan fingerprint density at radius 3 is 2.47 bits per heavy atom. The molecule has 1 aromatic carbocycles. The Labute approximate surface area is 89.6 Å². The second kappa shape index (κ2) is 4.13. The first-order valence-electron chi connectivity index (χ1n) is 4.87. The lowest BCUT2D eigenvalue weighted by molar-refractivity contribution is 0.410. The molecule has 0 saturated heterocycles. The zero-order chi connectivity index (χ0) is 10.7. The smallest absolute Gasteiger partial charge is 0.140 e. The van der Waals surface area contributed by atoms with E-state index in [4.69, 9.17) is 4.74 Å². The molecule has 0 N–H and O–H groups in total. The highest BCUT2D eigenvalue weighted by molar-refractivity contribution is 5.68. The first-order valence-corrected chi connectivity index (χ1v) is 4.87. The highest BCUT2D eigenvalue weighted by atomic mass is 16.5. The summed E-state index contributed by atoms with van der Waals surface area (Å²) in [6, 6.07) is 10.2. The third-order valence-electron chi connectivity index (χ3n) is 2.47. The van der Waals surface area contributed by atoms with Crippen molar-refractivity contribution in [3.05, 3.63) is 48.3 Å².